The Balaban J connectivity index is 2.44. The van der Waals surface area contributed by atoms with Crippen LogP contribution in [0.15, 0.2) is 24.5 Å². The number of amides is 1. The Hall–Kier alpha value is -1.46. The van der Waals surface area contributed by atoms with Gasteiger partial charge in [-0.05, 0) is 31.4 Å². The topological polar surface area (TPSA) is 82.5 Å². The van der Waals surface area contributed by atoms with Crippen molar-refractivity contribution >= 4 is 5.91 Å². The summed E-state index contributed by atoms with van der Waals surface area (Å²) in [5.41, 5.74) is -0.427. The van der Waals surface area contributed by atoms with Crippen LogP contribution >= 0.6 is 0 Å². The van der Waals surface area contributed by atoms with Crippen molar-refractivity contribution in [2.24, 2.45) is 0 Å². The summed E-state index contributed by atoms with van der Waals surface area (Å²) in [7, 11) is 0. The standard InChI is InChI=1S/C13H18N2O3/c1-2-15-12(18)13(6-5-10(16)11(13)17)9-4-3-7-14-8-9/h3-4,7-8,10-11,16-17H,2,5-6H2,1H3,(H,15,18). The van der Waals surface area contributed by atoms with E-state index >= 15 is 0 Å². The lowest BCUT2D eigenvalue weighted by molar-refractivity contribution is -0.131. The van der Waals surface area contributed by atoms with E-state index in [0.717, 1.165) is 0 Å². The van der Waals surface area contributed by atoms with Gasteiger partial charge in [0.25, 0.3) is 0 Å². The molecule has 3 atom stereocenters. The summed E-state index contributed by atoms with van der Waals surface area (Å²) >= 11 is 0. The smallest absolute Gasteiger partial charge is 0.233 e. The summed E-state index contributed by atoms with van der Waals surface area (Å²) in [6.07, 6.45) is 2.07. The van der Waals surface area contributed by atoms with Crippen LogP contribution in [0.5, 0.6) is 0 Å². The number of nitrogens with zero attached hydrogens (tertiary/aromatic N) is 1. The number of aromatic nitrogens is 1. The van der Waals surface area contributed by atoms with Crippen LogP contribution in [0, 0.1) is 0 Å². The molecule has 0 saturated heterocycles. The maximum atomic E-state index is 12.3. The van der Waals surface area contributed by atoms with E-state index in [2.05, 4.69) is 10.3 Å². The Morgan fingerprint density at radius 1 is 1.61 bits per heavy atom. The van der Waals surface area contributed by atoms with E-state index in [9.17, 15) is 15.0 Å². The quantitative estimate of drug-likeness (QED) is 0.703. The number of carbonyl (C=O) groups excluding carboxylic acids is 1. The van der Waals surface area contributed by atoms with E-state index in [4.69, 9.17) is 0 Å². The number of nitrogens with one attached hydrogen (secondary N) is 1. The van der Waals surface area contributed by atoms with Gasteiger partial charge < -0.3 is 15.5 Å². The van der Waals surface area contributed by atoms with E-state index in [-0.39, 0.29) is 5.91 Å². The number of likely N-dealkylation sites (N-methyl/N-ethyl adjacent to an activating group) is 1. The van der Waals surface area contributed by atoms with Crippen LogP contribution in [0.2, 0.25) is 0 Å². The fraction of sp³-hybridized carbons (Fsp3) is 0.538. The molecule has 1 aliphatic carbocycles. The van der Waals surface area contributed by atoms with Gasteiger partial charge in [-0.2, -0.15) is 0 Å². The summed E-state index contributed by atoms with van der Waals surface area (Å²) in [6.45, 7) is 2.32. The SMILES string of the molecule is CCNC(=O)C1(c2cccnc2)CCC(O)C1O. The Labute approximate surface area is 106 Å². The molecule has 3 unspecified atom stereocenters. The maximum absolute atomic E-state index is 12.3. The maximum Gasteiger partial charge on any atom is 0.233 e. The summed E-state index contributed by atoms with van der Waals surface area (Å²) < 4.78 is 0. The fourth-order valence-electron chi connectivity index (χ4n) is 2.65. The zero-order chi connectivity index (χ0) is 13.2. The van der Waals surface area contributed by atoms with Crippen molar-refractivity contribution in [2.45, 2.75) is 37.4 Å². The lowest BCUT2D eigenvalue weighted by atomic mass is 9.76. The molecule has 5 heteroatoms. The van der Waals surface area contributed by atoms with Crippen molar-refractivity contribution in [3.63, 3.8) is 0 Å². The molecular weight excluding hydrogens is 232 g/mol. The molecule has 1 fully saturated rings. The number of pyridine rings is 1. The minimum atomic E-state index is -1.09. The molecule has 0 radical (unpaired) electrons. The second-order valence-corrected chi connectivity index (χ2v) is 4.62. The number of aliphatic hydroxyl groups excluding tert-OH is 2. The first-order valence-electron chi connectivity index (χ1n) is 6.18. The zero-order valence-corrected chi connectivity index (χ0v) is 10.3. The number of hydrogen-bond acceptors (Lipinski definition) is 4. The highest BCUT2D eigenvalue weighted by Gasteiger charge is 2.53. The van der Waals surface area contributed by atoms with Crippen molar-refractivity contribution in [3.05, 3.63) is 30.1 Å². The normalized spacial score (nSPS) is 31.3. The molecule has 1 aliphatic rings. The number of rotatable bonds is 3. The molecule has 1 amide bonds. The lowest BCUT2D eigenvalue weighted by Crippen LogP contribution is -2.51. The molecular formula is C13H18N2O3. The number of carbonyl (C=O) groups is 1. The first-order valence-corrected chi connectivity index (χ1v) is 6.18. The minimum absolute atomic E-state index is 0.248. The predicted molar refractivity (Wildman–Crippen MR) is 65.8 cm³/mol. The average Bonchev–Trinajstić information content (AvgIpc) is 2.69. The molecule has 5 nitrogen and oxygen atoms in total. The van der Waals surface area contributed by atoms with Crippen molar-refractivity contribution < 1.29 is 15.0 Å². The van der Waals surface area contributed by atoms with E-state index in [0.29, 0.717) is 24.9 Å². The fourth-order valence-corrected chi connectivity index (χ4v) is 2.65. The molecule has 0 aliphatic heterocycles. The van der Waals surface area contributed by atoms with E-state index in [1.54, 1.807) is 24.5 Å². The average molecular weight is 250 g/mol. The van der Waals surface area contributed by atoms with Gasteiger partial charge in [0.2, 0.25) is 5.91 Å². The predicted octanol–water partition coefficient (Wildman–Crippen LogP) is -0.0289. The van der Waals surface area contributed by atoms with Crippen molar-refractivity contribution in [1.82, 2.24) is 10.3 Å². The van der Waals surface area contributed by atoms with Crippen LogP contribution in [-0.4, -0.2) is 39.9 Å². The molecule has 0 aromatic carbocycles. The van der Waals surface area contributed by atoms with Crippen LogP contribution < -0.4 is 5.32 Å². The third-order valence-corrected chi connectivity index (χ3v) is 3.62. The highest BCUT2D eigenvalue weighted by molar-refractivity contribution is 5.89. The highest BCUT2D eigenvalue weighted by atomic mass is 16.3. The van der Waals surface area contributed by atoms with Gasteiger partial charge in [0.15, 0.2) is 0 Å². The molecule has 3 N–H and O–H groups in total. The Bertz CT molecular complexity index is 424. The third kappa shape index (κ3) is 1.89. The van der Waals surface area contributed by atoms with Crippen molar-refractivity contribution in [3.8, 4) is 0 Å². The van der Waals surface area contributed by atoms with Crippen LogP contribution in [0.25, 0.3) is 0 Å². The van der Waals surface area contributed by atoms with E-state index in [1.807, 2.05) is 6.92 Å². The van der Waals surface area contributed by atoms with E-state index in [1.165, 1.54) is 0 Å². The Morgan fingerprint density at radius 3 is 2.89 bits per heavy atom. The lowest BCUT2D eigenvalue weighted by Gasteiger charge is -2.32. The summed E-state index contributed by atoms with van der Waals surface area (Å²) in [5.74, 6) is -0.248. The zero-order valence-electron chi connectivity index (χ0n) is 10.3. The van der Waals surface area contributed by atoms with Crippen LogP contribution in [0.4, 0.5) is 0 Å². The molecule has 1 aromatic heterocycles. The summed E-state index contributed by atoms with van der Waals surface area (Å²) in [5, 5.41) is 22.7. The first-order chi connectivity index (χ1) is 8.63. The monoisotopic (exact) mass is 250 g/mol. The van der Waals surface area contributed by atoms with Gasteiger partial charge in [0, 0.05) is 18.9 Å². The van der Waals surface area contributed by atoms with Gasteiger partial charge in [0.1, 0.15) is 5.41 Å². The molecule has 1 heterocycles. The second kappa shape index (κ2) is 5.04. The molecule has 1 aromatic rings. The van der Waals surface area contributed by atoms with Crippen LogP contribution in [-0.2, 0) is 10.2 Å². The molecule has 2 rings (SSSR count). The second-order valence-electron chi connectivity index (χ2n) is 4.62. The van der Waals surface area contributed by atoms with Gasteiger partial charge >= 0.3 is 0 Å². The Kier molecular flexibility index (Phi) is 3.63. The van der Waals surface area contributed by atoms with Gasteiger partial charge in [0.05, 0.1) is 12.2 Å². The molecule has 0 spiro atoms. The van der Waals surface area contributed by atoms with Gasteiger partial charge in [-0.3, -0.25) is 9.78 Å². The largest absolute Gasteiger partial charge is 0.390 e. The van der Waals surface area contributed by atoms with Gasteiger partial charge in [-0.15, -0.1) is 0 Å². The van der Waals surface area contributed by atoms with Crippen molar-refractivity contribution in [1.29, 1.82) is 0 Å². The van der Waals surface area contributed by atoms with Gasteiger partial charge in [-0.25, -0.2) is 0 Å². The van der Waals surface area contributed by atoms with Gasteiger partial charge in [-0.1, -0.05) is 6.07 Å². The minimum Gasteiger partial charge on any atom is -0.390 e. The summed E-state index contributed by atoms with van der Waals surface area (Å²) in [4.78, 5) is 16.3. The molecule has 1 saturated carbocycles. The highest BCUT2D eigenvalue weighted by Crippen LogP contribution is 2.41. The molecule has 0 bridgehead atoms. The van der Waals surface area contributed by atoms with E-state index < -0.39 is 17.6 Å². The van der Waals surface area contributed by atoms with Crippen LogP contribution in [0.3, 0.4) is 0 Å². The molecule has 18 heavy (non-hydrogen) atoms. The van der Waals surface area contributed by atoms with Crippen LogP contribution in [0.1, 0.15) is 25.3 Å². The number of aliphatic hydroxyl groups is 2. The van der Waals surface area contributed by atoms with Crippen molar-refractivity contribution in [2.75, 3.05) is 6.54 Å². The molecule has 98 valence electrons. The third-order valence-electron chi connectivity index (χ3n) is 3.62. The first kappa shape index (κ1) is 13.0. The summed E-state index contributed by atoms with van der Waals surface area (Å²) in [6, 6.07) is 3.50. The Morgan fingerprint density at radius 2 is 2.39 bits per heavy atom. The number of hydrogen-bond donors (Lipinski definition) is 3.